The summed E-state index contributed by atoms with van der Waals surface area (Å²) in [4.78, 5) is 35.8. The number of amides is 1. The van der Waals surface area contributed by atoms with Gasteiger partial charge in [-0.25, -0.2) is 4.98 Å². The van der Waals surface area contributed by atoms with Crippen molar-refractivity contribution in [2.45, 2.75) is 51.5 Å². The van der Waals surface area contributed by atoms with E-state index < -0.39 is 0 Å². The lowest BCUT2D eigenvalue weighted by molar-refractivity contribution is -0.126. The first-order valence-electron chi connectivity index (χ1n) is 11.7. The zero-order chi connectivity index (χ0) is 22.1. The number of hydrogen-bond acceptors (Lipinski definition) is 5. The molecule has 3 heterocycles. The zero-order valence-corrected chi connectivity index (χ0v) is 19.3. The highest BCUT2D eigenvalue weighted by Crippen LogP contribution is 2.32. The molecule has 2 aliphatic rings. The Morgan fingerprint density at radius 2 is 1.97 bits per heavy atom. The summed E-state index contributed by atoms with van der Waals surface area (Å²) in [5.74, 6) is 1.19. The molecule has 0 spiro atoms. The van der Waals surface area contributed by atoms with Crippen molar-refractivity contribution in [2.75, 3.05) is 18.0 Å². The van der Waals surface area contributed by atoms with E-state index >= 15 is 0 Å². The van der Waals surface area contributed by atoms with Crippen LogP contribution in [0.5, 0.6) is 0 Å². The Hall–Kier alpha value is -2.67. The second-order valence-corrected chi connectivity index (χ2v) is 10.1. The molecule has 0 bridgehead atoms. The number of carbonyl (C=O) groups excluding carboxylic acids is 1. The van der Waals surface area contributed by atoms with Gasteiger partial charge in [0.15, 0.2) is 0 Å². The number of anilines is 1. The van der Waals surface area contributed by atoms with Crippen molar-refractivity contribution in [3.8, 4) is 11.1 Å². The van der Waals surface area contributed by atoms with Gasteiger partial charge in [-0.1, -0.05) is 50.1 Å². The molecular weight excluding hydrogens is 420 g/mol. The molecule has 1 amide bonds. The van der Waals surface area contributed by atoms with Crippen LogP contribution in [0.1, 0.15) is 45.4 Å². The van der Waals surface area contributed by atoms with Crippen LogP contribution in [0.2, 0.25) is 0 Å². The molecule has 1 saturated carbocycles. The van der Waals surface area contributed by atoms with Crippen LogP contribution in [0, 0.1) is 11.8 Å². The minimum atomic E-state index is -0.111. The Kier molecular flexibility index (Phi) is 6.00. The predicted molar refractivity (Wildman–Crippen MR) is 130 cm³/mol. The molecule has 0 unspecified atom stereocenters. The SMILES string of the molecule is C[C@@H]1CCCC[C@@H]1NC(=O)[C@@H]1CCCN(c2nc3c(-c4ccccc4)csc3c(=O)[nH]2)C1. The predicted octanol–water partition coefficient (Wildman–Crippen LogP) is 4.56. The number of nitrogens with one attached hydrogen (secondary N) is 2. The van der Waals surface area contributed by atoms with E-state index in [9.17, 15) is 9.59 Å². The summed E-state index contributed by atoms with van der Waals surface area (Å²) in [5.41, 5.74) is 2.66. The molecule has 1 aromatic carbocycles. The quantitative estimate of drug-likeness (QED) is 0.611. The second kappa shape index (κ2) is 9.06. The van der Waals surface area contributed by atoms with Crippen LogP contribution in [0.25, 0.3) is 21.3 Å². The molecular formula is C25H30N4O2S. The topological polar surface area (TPSA) is 78.1 Å². The maximum Gasteiger partial charge on any atom is 0.270 e. The van der Waals surface area contributed by atoms with E-state index in [-0.39, 0.29) is 17.4 Å². The number of hydrogen-bond donors (Lipinski definition) is 2. The molecule has 3 aromatic rings. The van der Waals surface area contributed by atoms with E-state index in [1.165, 1.54) is 30.6 Å². The third-order valence-electron chi connectivity index (χ3n) is 7.03. The van der Waals surface area contributed by atoms with Gasteiger partial charge in [0.05, 0.1) is 11.4 Å². The molecule has 3 atom stereocenters. The molecule has 6 nitrogen and oxygen atoms in total. The van der Waals surface area contributed by atoms with Crippen molar-refractivity contribution in [3.05, 3.63) is 46.1 Å². The number of aromatic nitrogens is 2. The summed E-state index contributed by atoms with van der Waals surface area (Å²) >= 11 is 1.43. The summed E-state index contributed by atoms with van der Waals surface area (Å²) in [5, 5.41) is 5.33. The highest BCUT2D eigenvalue weighted by atomic mass is 32.1. The maximum absolute atomic E-state index is 13.0. The number of benzene rings is 1. The average Bonchev–Trinajstić information content (AvgIpc) is 3.26. The Labute approximate surface area is 192 Å². The van der Waals surface area contributed by atoms with Gasteiger partial charge in [0.1, 0.15) is 4.70 Å². The van der Waals surface area contributed by atoms with Crippen LogP contribution >= 0.6 is 11.3 Å². The zero-order valence-electron chi connectivity index (χ0n) is 18.5. The molecule has 32 heavy (non-hydrogen) atoms. The first-order chi connectivity index (χ1) is 15.6. The number of piperidine rings is 1. The minimum absolute atomic E-state index is 0.0741. The highest BCUT2D eigenvalue weighted by molar-refractivity contribution is 7.17. The van der Waals surface area contributed by atoms with Crippen LogP contribution in [0.15, 0.2) is 40.5 Å². The van der Waals surface area contributed by atoms with E-state index in [0.29, 0.717) is 29.2 Å². The number of H-pyrrole nitrogens is 1. The number of thiophene rings is 1. The number of fused-ring (bicyclic) bond motifs is 1. The van der Waals surface area contributed by atoms with Crippen LogP contribution in [0.4, 0.5) is 5.95 Å². The summed E-state index contributed by atoms with van der Waals surface area (Å²) in [6.45, 7) is 3.63. The lowest BCUT2D eigenvalue weighted by Crippen LogP contribution is -2.48. The fraction of sp³-hybridized carbons (Fsp3) is 0.480. The van der Waals surface area contributed by atoms with Gasteiger partial charge in [-0.05, 0) is 37.2 Å². The van der Waals surface area contributed by atoms with E-state index in [0.717, 1.165) is 42.5 Å². The summed E-state index contributed by atoms with van der Waals surface area (Å²) in [7, 11) is 0. The smallest absolute Gasteiger partial charge is 0.270 e. The van der Waals surface area contributed by atoms with Crippen molar-refractivity contribution in [2.24, 2.45) is 11.8 Å². The average molecular weight is 451 g/mol. The Bertz CT molecular complexity index is 1160. The number of aromatic amines is 1. The molecule has 2 fully saturated rings. The Morgan fingerprint density at radius 1 is 1.16 bits per heavy atom. The van der Waals surface area contributed by atoms with Crippen molar-refractivity contribution in [1.29, 1.82) is 0 Å². The van der Waals surface area contributed by atoms with Gasteiger partial charge >= 0.3 is 0 Å². The van der Waals surface area contributed by atoms with E-state index in [4.69, 9.17) is 4.98 Å². The molecule has 1 saturated heterocycles. The molecule has 168 valence electrons. The van der Waals surface area contributed by atoms with E-state index in [2.05, 4.69) is 22.1 Å². The van der Waals surface area contributed by atoms with Crippen LogP contribution < -0.4 is 15.8 Å². The lowest BCUT2D eigenvalue weighted by Gasteiger charge is -2.35. The first kappa shape index (κ1) is 21.2. The Morgan fingerprint density at radius 3 is 2.78 bits per heavy atom. The highest BCUT2D eigenvalue weighted by Gasteiger charge is 2.30. The standard InChI is InChI=1S/C25H30N4O2S/c1-16-8-5-6-12-20(16)26-23(30)18-11-7-13-29(14-18)25-27-21-19(17-9-3-2-4-10-17)15-32-22(21)24(31)28-25/h2-4,9-10,15-16,18,20H,5-8,11-14H2,1H3,(H,26,30)(H,27,28,31)/t16-,18-,20+/m1/s1. The van der Waals surface area contributed by atoms with Crippen molar-refractivity contribution < 1.29 is 4.79 Å². The number of rotatable bonds is 4. The van der Waals surface area contributed by atoms with Gasteiger partial charge in [0.2, 0.25) is 11.9 Å². The molecule has 0 radical (unpaired) electrons. The molecule has 2 N–H and O–H groups in total. The van der Waals surface area contributed by atoms with Gasteiger partial charge < -0.3 is 10.2 Å². The molecule has 1 aliphatic heterocycles. The van der Waals surface area contributed by atoms with Crippen LogP contribution in [-0.4, -0.2) is 35.0 Å². The van der Waals surface area contributed by atoms with Crippen molar-refractivity contribution >= 4 is 33.4 Å². The Balaban J connectivity index is 1.37. The third kappa shape index (κ3) is 4.18. The molecule has 5 rings (SSSR count). The van der Waals surface area contributed by atoms with Gasteiger partial charge in [0, 0.05) is 30.1 Å². The minimum Gasteiger partial charge on any atom is -0.353 e. The van der Waals surface area contributed by atoms with E-state index in [1.54, 1.807) is 0 Å². The van der Waals surface area contributed by atoms with Crippen molar-refractivity contribution in [1.82, 2.24) is 15.3 Å². The maximum atomic E-state index is 13.0. The van der Waals surface area contributed by atoms with Gasteiger partial charge in [-0.3, -0.25) is 14.6 Å². The fourth-order valence-corrected chi connectivity index (χ4v) is 6.01. The van der Waals surface area contributed by atoms with Crippen molar-refractivity contribution in [3.63, 3.8) is 0 Å². The molecule has 2 aromatic heterocycles. The normalized spacial score (nSPS) is 23.9. The number of carbonyl (C=O) groups is 1. The second-order valence-electron chi connectivity index (χ2n) is 9.24. The largest absolute Gasteiger partial charge is 0.353 e. The fourth-order valence-electron chi connectivity index (χ4n) is 5.10. The molecule has 7 heteroatoms. The summed E-state index contributed by atoms with van der Waals surface area (Å²) < 4.78 is 0.644. The first-order valence-corrected chi connectivity index (χ1v) is 12.6. The summed E-state index contributed by atoms with van der Waals surface area (Å²) in [6.07, 6.45) is 6.52. The third-order valence-corrected chi connectivity index (χ3v) is 8.00. The van der Waals surface area contributed by atoms with E-state index in [1.807, 2.05) is 35.7 Å². The van der Waals surface area contributed by atoms with Gasteiger partial charge in [-0.15, -0.1) is 11.3 Å². The van der Waals surface area contributed by atoms with Gasteiger partial charge in [-0.2, -0.15) is 0 Å². The van der Waals surface area contributed by atoms with Gasteiger partial charge in [0.25, 0.3) is 5.56 Å². The molecule has 1 aliphatic carbocycles. The lowest BCUT2D eigenvalue weighted by atomic mass is 9.85. The van der Waals surface area contributed by atoms with Crippen LogP contribution in [-0.2, 0) is 4.79 Å². The summed E-state index contributed by atoms with van der Waals surface area (Å²) in [6, 6.07) is 10.3. The van der Waals surface area contributed by atoms with Crippen LogP contribution in [0.3, 0.4) is 0 Å². The number of nitrogens with zero attached hydrogens (tertiary/aromatic N) is 2. The monoisotopic (exact) mass is 450 g/mol.